The van der Waals surface area contributed by atoms with Crippen molar-refractivity contribution in [3.8, 4) is 0 Å². The van der Waals surface area contributed by atoms with Crippen LogP contribution in [0.15, 0.2) is 47.4 Å². The van der Waals surface area contributed by atoms with Crippen LogP contribution in [0, 0.1) is 6.92 Å². The number of nitrogens with zero attached hydrogens (tertiary/aromatic N) is 3. The Morgan fingerprint density at radius 3 is 2.59 bits per heavy atom. The van der Waals surface area contributed by atoms with Crippen LogP contribution >= 0.6 is 11.3 Å². The van der Waals surface area contributed by atoms with Gasteiger partial charge in [-0.1, -0.05) is 30.4 Å². The molecule has 2 heterocycles. The minimum absolute atomic E-state index is 0.0189. The molecule has 1 saturated heterocycles. The van der Waals surface area contributed by atoms with Crippen LogP contribution in [0.5, 0.6) is 0 Å². The second kappa shape index (κ2) is 7.76. The lowest BCUT2D eigenvalue weighted by Crippen LogP contribution is -2.48. The van der Waals surface area contributed by atoms with Crippen LogP contribution in [0.1, 0.15) is 22.8 Å². The highest BCUT2D eigenvalue weighted by Gasteiger charge is 2.25. The summed E-state index contributed by atoms with van der Waals surface area (Å²) in [6.45, 7) is 6.25. The smallest absolute Gasteiger partial charge is 0.254 e. The highest BCUT2D eigenvalue weighted by Crippen LogP contribution is 2.30. The number of rotatable bonds is 4. The largest absolute Gasteiger partial charge is 0.345 e. The molecule has 0 bridgehead atoms. The number of sulfone groups is 1. The van der Waals surface area contributed by atoms with Gasteiger partial charge in [-0.3, -0.25) is 4.79 Å². The van der Waals surface area contributed by atoms with Gasteiger partial charge in [-0.2, -0.15) is 0 Å². The van der Waals surface area contributed by atoms with Crippen LogP contribution in [-0.2, 0) is 9.84 Å². The average molecular weight is 430 g/mol. The first-order valence-corrected chi connectivity index (χ1v) is 12.1. The van der Waals surface area contributed by atoms with Crippen LogP contribution in [0.3, 0.4) is 0 Å². The summed E-state index contributed by atoms with van der Waals surface area (Å²) < 4.78 is 25.4. The fourth-order valence-electron chi connectivity index (χ4n) is 3.43. The Bertz CT molecular complexity index is 1160. The lowest BCUT2D eigenvalue weighted by atomic mass is 10.2. The molecule has 29 heavy (non-hydrogen) atoms. The third-order valence-electron chi connectivity index (χ3n) is 5.19. The molecule has 1 aliphatic heterocycles. The number of hydrogen-bond donors (Lipinski definition) is 0. The zero-order chi connectivity index (χ0) is 20.6. The quantitative estimate of drug-likeness (QED) is 0.636. The lowest BCUT2D eigenvalue weighted by Gasteiger charge is -2.34. The van der Waals surface area contributed by atoms with Gasteiger partial charge in [-0.05, 0) is 42.8 Å². The van der Waals surface area contributed by atoms with Gasteiger partial charge < -0.3 is 9.80 Å². The van der Waals surface area contributed by atoms with Gasteiger partial charge in [0.2, 0.25) is 0 Å². The standard InChI is InChI=1S/C21H23N3O3S2/c1-3-29(26,27)17-6-4-5-16(14-17)20(25)23-9-11-24(12-10-23)21-22-18-8-7-15(2)13-19(18)28-21/h4-8,13-14H,3,9-12H2,1-2H3. The maximum Gasteiger partial charge on any atom is 0.254 e. The molecule has 1 fully saturated rings. The summed E-state index contributed by atoms with van der Waals surface area (Å²) in [4.78, 5) is 21.8. The summed E-state index contributed by atoms with van der Waals surface area (Å²) in [5.41, 5.74) is 2.64. The summed E-state index contributed by atoms with van der Waals surface area (Å²) in [5.74, 6) is -0.108. The molecule has 0 unspecified atom stereocenters. The predicted molar refractivity (Wildman–Crippen MR) is 117 cm³/mol. The van der Waals surface area contributed by atoms with E-state index >= 15 is 0 Å². The first-order valence-electron chi connectivity index (χ1n) is 9.61. The highest BCUT2D eigenvalue weighted by molar-refractivity contribution is 7.91. The minimum atomic E-state index is -3.33. The van der Waals surface area contributed by atoms with E-state index in [0.29, 0.717) is 31.7 Å². The Kier molecular flexibility index (Phi) is 5.31. The molecule has 0 atom stereocenters. The number of carbonyl (C=O) groups excluding carboxylic acids is 1. The summed E-state index contributed by atoms with van der Waals surface area (Å²) in [6, 6.07) is 12.6. The molecule has 1 aromatic heterocycles. The first kappa shape index (κ1) is 19.8. The number of thiazole rings is 1. The molecule has 152 valence electrons. The molecule has 6 nitrogen and oxygen atoms in total. The third-order valence-corrected chi connectivity index (χ3v) is 8.00. The minimum Gasteiger partial charge on any atom is -0.345 e. The molecule has 1 amide bonds. The SMILES string of the molecule is CCS(=O)(=O)c1cccc(C(=O)N2CCN(c3nc4ccc(C)cc4s3)CC2)c1. The van der Waals surface area contributed by atoms with Crippen LogP contribution in [0.2, 0.25) is 0 Å². The fourth-order valence-corrected chi connectivity index (χ4v) is 5.47. The summed E-state index contributed by atoms with van der Waals surface area (Å²) in [6.07, 6.45) is 0. The van der Waals surface area contributed by atoms with Crippen molar-refractivity contribution >= 4 is 42.4 Å². The molecule has 0 spiro atoms. The van der Waals surface area contributed by atoms with E-state index in [2.05, 4.69) is 24.0 Å². The number of fused-ring (bicyclic) bond motifs is 1. The van der Waals surface area contributed by atoms with E-state index in [1.807, 2.05) is 6.07 Å². The second-order valence-corrected chi connectivity index (χ2v) is 10.5. The number of anilines is 1. The van der Waals surface area contributed by atoms with Crippen molar-refractivity contribution in [2.45, 2.75) is 18.7 Å². The van der Waals surface area contributed by atoms with Gasteiger partial charge in [0, 0.05) is 31.7 Å². The van der Waals surface area contributed by atoms with Crippen molar-refractivity contribution in [2.75, 3.05) is 36.8 Å². The average Bonchev–Trinajstić information content (AvgIpc) is 3.16. The molecule has 0 saturated carbocycles. The zero-order valence-electron chi connectivity index (χ0n) is 16.5. The van der Waals surface area contributed by atoms with Gasteiger partial charge in [0.1, 0.15) is 0 Å². The topological polar surface area (TPSA) is 70.6 Å². The van der Waals surface area contributed by atoms with E-state index in [4.69, 9.17) is 4.98 Å². The third kappa shape index (κ3) is 4.00. The van der Waals surface area contributed by atoms with Crippen LogP contribution in [0.25, 0.3) is 10.2 Å². The van der Waals surface area contributed by atoms with Gasteiger partial charge in [0.25, 0.3) is 5.91 Å². The molecule has 0 radical (unpaired) electrons. The monoisotopic (exact) mass is 429 g/mol. The maximum absolute atomic E-state index is 12.9. The Morgan fingerprint density at radius 2 is 1.86 bits per heavy atom. The van der Waals surface area contributed by atoms with E-state index in [1.54, 1.807) is 41.4 Å². The van der Waals surface area contributed by atoms with Crippen molar-refractivity contribution in [1.82, 2.24) is 9.88 Å². The van der Waals surface area contributed by atoms with E-state index in [9.17, 15) is 13.2 Å². The Hall–Kier alpha value is -2.45. The highest BCUT2D eigenvalue weighted by atomic mass is 32.2. The van der Waals surface area contributed by atoms with Gasteiger partial charge in [0.05, 0.1) is 20.9 Å². The lowest BCUT2D eigenvalue weighted by molar-refractivity contribution is 0.0746. The molecule has 4 rings (SSSR count). The second-order valence-electron chi connectivity index (χ2n) is 7.18. The van der Waals surface area contributed by atoms with Crippen LogP contribution in [0.4, 0.5) is 5.13 Å². The molecule has 8 heteroatoms. The number of hydrogen-bond acceptors (Lipinski definition) is 6. The molecular formula is C21H23N3O3S2. The van der Waals surface area contributed by atoms with Gasteiger partial charge in [0.15, 0.2) is 15.0 Å². The van der Waals surface area contributed by atoms with Gasteiger partial charge >= 0.3 is 0 Å². The molecular weight excluding hydrogens is 406 g/mol. The Labute approximate surface area is 174 Å². The van der Waals surface area contributed by atoms with Crippen molar-refractivity contribution in [1.29, 1.82) is 0 Å². The molecule has 1 aliphatic rings. The fraction of sp³-hybridized carbons (Fsp3) is 0.333. The number of piperazine rings is 1. The first-order chi connectivity index (χ1) is 13.9. The van der Waals surface area contributed by atoms with Crippen LogP contribution < -0.4 is 4.90 Å². The molecule has 0 aliphatic carbocycles. The number of aromatic nitrogens is 1. The summed E-state index contributed by atoms with van der Waals surface area (Å²) >= 11 is 1.68. The van der Waals surface area contributed by atoms with E-state index in [1.165, 1.54) is 16.3 Å². The zero-order valence-corrected chi connectivity index (χ0v) is 18.1. The van der Waals surface area contributed by atoms with Crippen LogP contribution in [-0.4, -0.2) is 56.1 Å². The maximum atomic E-state index is 12.9. The van der Waals surface area contributed by atoms with E-state index in [-0.39, 0.29) is 16.6 Å². The van der Waals surface area contributed by atoms with Gasteiger partial charge in [-0.25, -0.2) is 13.4 Å². The van der Waals surface area contributed by atoms with Crippen molar-refractivity contribution in [3.63, 3.8) is 0 Å². The molecule has 2 aromatic carbocycles. The Morgan fingerprint density at radius 1 is 1.10 bits per heavy atom. The van der Waals surface area contributed by atoms with E-state index < -0.39 is 9.84 Å². The number of amides is 1. The van der Waals surface area contributed by atoms with Gasteiger partial charge in [-0.15, -0.1) is 0 Å². The summed E-state index contributed by atoms with van der Waals surface area (Å²) in [5, 5.41) is 0.980. The van der Waals surface area contributed by atoms with Crippen molar-refractivity contribution in [3.05, 3.63) is 53.6 Å². The molecule has 0 N–H and O–H groups in total. The summed E-state index contributed by atoms with van der Waals surface area (Å²) in [7, 11) is -3.33. The number of aryl methyl sites for hydroxylation is 1. The van der Waals surface area contributed by atoms with Crippen molar-refractivity contribution < 1.29 is 13.2 Å². The van der Waals surface area contributed by atoms with E-state index in [0.717, 1.165) is 10.6 Å². The number of benzene rings is 2. The van der Waals surface area contributed by atoms with Crippen molar-refractivity contribution in [2.24, 2.45) is 0 Å². The predicted octanol–water partition coefficient (Wildman–Crippen LogP) is 3.36. The molecule has 3 aromatic rings. The normalized spacial score (nSPS) is 15.1. The number of carbonyl (C=O) groups is 1. The Balaban J connectivity index is 1.46.